The highest BCUT2D eigenvalue weighted by Crippen LogP contribution is 2.28. The molecule has 0 atom stereocenters. The molecule has 0 radical (unpaired) electrons. The van der Waals surface area contributed by atoms with Crippen molar-refractivity contribution in [3.05, 3.63) is 24.3 Å². The number of benzene rings is 1. The molecule has 1 aliphatic rings. The van der Waals surface area contributed by atoms with Crippen LogP contribution in [0.3, 0.4) is 0 Å². The van der Waals surface area contributed by atoms with Crippen LogP contribution in [-0.4, -0.2) is 11.9 Å². The third-order valence-corrected chi connectivity index (χ3v) is 3.98. The molecule has 0 aromatic heterocycles. The summed E-state index contributed by atoms with van der Waals surface area (Å²) >= 11 is 0. The molecule has 0 bridgehead atoms. The van der Waals surface area contributed by atoms with Crippen LogP contribution in [0.4, 0.5) is 11.4 Å². The SMILES string of the molecule is CCC1CCC(Nc2cccc(NC(C)=O)c2)CC1. The predicted molar refractivity (Wildman–Crippen MR) is 80.4 cm³/mol. The van der Waals surface area contributed by atoms with Crippen LogP contribution in [0.15, 0.2) is 24.3 Å². The first-order valence-electron chi connectivity index (χ1n) is 7.31. The Morgan fingerprint density at radius 3 is 2.53 bits per heavy atom. The van der Waals surface area contributed by atoms with Crippen molar-refractivity contribution in [1.82, 2.24) is 0 Å². The van der Waals surface area contributed by atoms with E-state index in [1.165, 1.54) is 39.0 Å². The Balaban J connectivity index is 1.90. The predicted octanol–water partition coefficient (Wildman–Crippen LogP) is 4.03. The van der Waals surface area contributed by atoms with Gasteiger partial charge in [-0.1, -0.05) is 19.4 Å². The molecule has 3 nitrogen and oxygen atoms in total. The summed E-state index contributed by atoms with van der Waals surface area (Å²) in [6.45, 7) is 3.82. The van der Waals surface area contributed by atoms with Gasteiger partial charge in [0.15, 0.2) is 0 Å². The van der Waals surface area contributed by atoms with Gasteiger partial charge in [0, 0.05) is 24.3 Å². The summed E-state index contributed by atoms with van der Waals surface area (Å²) in [5, 5.41) is 6.41. The third kappa shape index (κ3) is 4.27. The fraction of sp³-hybridized carbons (Fsp3) is 0.562. The number of amides is 1. The van der Waals surface area contributed by atoms with E-state index >= 15 is 0 Å². The van der Waals surface area contributed by atoms with Gasteiger partial charge in [-0.05, 0) is 49.8 Å². The molecular formula is C16H24N2O. The van der Waals surface area contributed by atoms with Crippen molar-refractivity contribution in [3.63, 3.8) is 0 Å². The van der Waals surface area contributed by atoms with Crippen molar-refractivity contribution in [2.45, 2.75) is 52.0 Å². The molecule has 0 saturated heterocycles. The van der Waals surface area contributed by atoms with Crippen LogP contribution < -0.4 is 10.6 Å². The van der Waals surface area contributed by atoms with E-state index in [0.717, 1.165) is 17.3 Å². The van der Waals surface area contributed by atoms with Crippen LogP contribution in [-0.2, 0) is 4.79 Å². The van der Waals surface area contributed by atoms with Crippen LogP contribution >= 0.6 is 0 Å². The first-order chi connectivity index (χ1) is 9.17. The second-order valence-corrected chi connectivity index (χ2v) is 5.53. The van der Waals surface area contributed by atoms with Crippen LogP contribution in [0.25, 0.3) is 0 Å². The molecule has 1 amide bonds. The van der Waals surface area contributed by atoms with Crippen molar-refractivity contribution < 1.29 is 4.79 Å². The van der Waals surface area contributed by atoms with Gasteiger partial charge in [-0.3, -0.25) is 4.79 Å². The molecule has 2 rings (SSSR count). The van der Waals surface area contributed by atoms with Crippen molar-refractivity contribution in [2.24, 2.45) is 5.92 Å². The van der Waals surface area contributed by atoms with E-state index in [4.69, 9.17) is 0 Å². The number of nitrogens with one attached hydrogen (secondary N) is 2. The van der Waals surface area contributed by atoms with Crippen LogP contribution in [0.1, 0.15) is 46.0 Å². The highest BCUT2D eigenvalue weighted by atomic mass is 16.1. The first kappa shape index (κ1) is 13.9. The van der Waals surface area contributed by atoms with Crippen molar-refractivity contribution in [2.75, 3.05) is 10.6 Å². The van der Waals surface area contributed by atoms with Crippen molar-refractivity contribution >= 4 is 17.3 Å². The number of carbonyl (C=O) groups excluding carboxylic acids is 1. The molecule has 0 heterocycles. The quantitative estimate of drug-likeness (QED) is 0.858. The number of anilines is 2. The van der Waals surface area contributed by atoms with Gasteiger partial charge in [-0.15, -0.1) is 0 Å². The van der Waals surface area contributed by atoms with E-state index in [2.05, 4.69) is 23.6 Å². The van der Waals surface area contributed by atoms with Gasteiger partial charge in [0.05, 0.1) is 0 Å². The van der Waals surface area contributed by atoms with Crippen molar-refractivity contribution in [1.29, 1.82) is 0 Å². The second kappa shape index (κ2) is 6.60. The fourth-order valence-electron chi connectivity index (χ4n) is 2.84. The molecule has 0 aliphatic heterocycles. The monoisotopic (exact) mass is 260 g/mol. The summed E-state index contributed by atoms with van der Waals surface area (Å²) in [5.74, 6) is 0.893. The minimum Gasteiger partial charge on any atom is -0.382 e. The molecule has 2 N–H and O–H groups in total. The van der Waals surface area contributed by atoms with Crippen molar-refractivity contribution in [3.8, 4) is 0 Å². The van der Waals surface area contributed by atoms with E-state index in [-0.39, 0.29) is 5.91 Å². The number of rotatable bonds is 4. The molecule has 3 heteroatoms. The standard InChI is InChI=1S/C16H24N2O/c1-3-13-7-9-14(10-8-13)18-16-6-4-5-15(11-16)17-12(2)19/h4-6,11,13-14,18H,3,7-10H2,1-2H3,(H,17,19). The molecule has 1 aromatic rings. The molecule has 1 aromatic carbocycles. The van der Waals surface area contributed by atoms with Crippen LogP contribution in [0.5, 0.6) is 0 Å². The van der Waals surface area contributed by atoms with Gasteiger partial charge in [-0.25, -0.2) is 0 Å². The maximum absolute atomic E-state index is 11.1. The Kier molecular flexibility index (Phi) is 4.83. The Morgan fingerprint density at radius 2 is 1.89 bits per heavy atom. The summed E-state index contributed by atoms with van der Waals surface area (Å²) in [4.78, 5) is 11.1. The lowest BCUT2D eigenvalue weighted by Gasteiger charge is -2.29. The van der Waals surface area contributed by atoms with E-state index < -0.39 is 0 Å². The minimum absolute atomic E-state index is 0.0272. The Hall–Kier alpha value is -1.51. The minimum atomic E-state index is -0.0272. The van der Waals surface area contributed by atoms with Gasteiger partial charge >= 0.3 is 0 Å². The molecular weight excluding hydrogens is 236 g/mol. The highest BCUT2D eigenvalue weighted by Gasteiger charge is 2.19. The molecule has 0 unspecified atom stereocenters. The summed E-state index contributed by atoms with van der Waals surface area (Å²) in [6, 6.07) is 8.55. The zero-order chi connectivity index (χ0) is 13.7. The van der Waals surface area contributed by atoms with Crippen LogP contribution in [0.2, 0.25) is 0 Å². The van der Waals surface area contributed by atoms with E-state index in [0.29, 0.717) is 6.04 Å². The zero-order valence-electron chi connectivity index (χ0n) is 11.9. The van der Waals surface area contributed by atoms with E-state index in [1.54, 1.807) is 0 Å². The molecule has 1 aliphatic carbocycles. The summed E-state index contributed by atoms with van der Waals surface area (Å²) in [6.07, 6.45) is 6.48. The maximum Gasteiger partial charge on any atom is 0.221 e. The second-order valence-electron chi connectivity index (χ2n) is 5.53. The van der Waals surface area contributed by atoms with Gasteiger partial charge < -0.3 is 10.6 Å². The summed E-state index contributed by atoms with van der Waals surface area (Å²) < 4.78 is 0. The molecule has 1 fully saturated rings. The van der Waals surface area contributed by atoms with Crippen LogP contribution in [0, 0.1) is 5.92 Å². The van der Waals surface area contributed by atoms with Gasteiger partial charge in [0.1, 0.15) is 0 Å². The lowest BCUT2D eigenvalue weighted by atomic mass is 9.84. The summed E-state index contributed by atoms with van der Waals surface area (Å²) in [5.41, 5.74) is 1.96. The van der Waals surface area contributed by atoms with E-state index in [9.17, 15) is 4.79 Å². The first-order valence-corrected chi connectivity index (χ1v) is 7.31. The maximum atomic E-state index is 11.1. The number of hydrogen-bond acceptors (Lipinski definition) is 2. The summed E-state index contributed by atoms with van der Waals surface area (Å²) in [7, 11) is 0. The molecule has 0 spiro atoms. The normalized spacial score (nSPS) is 22.8. The largest absolute Gasteiger partial charge is 0.382 e. The smallest absolute Gasteiger partial charge is 0.221 e. The Labute approximate surface area is 115 Å². The van der Waals surface area contributed by atoms with Gasteiger partial charge in [0.2, 0.25) is 5.91 Å². The fourth-order valence-corrected chi connectivity index (χ4v) is 2.84. The molecule has 104 valence electrons. The zero-order valence-corrected chi connectivity index (χ0v) is 11.9. The number of carbonyl (C=O) groups is 1. The highest BCUT2D eigenvalue weighted by molar-refractivity contribution is 5.89. The molecule has 19 heavy (non-hydrogen) atoms. The van der Waals surface area contributed by atoms with Gasteiger partial charge in [0.25, 0.3) is 0 Å². The van der Waals surface area contributed by atoms with E-state index in [1.807, 2.05) is 18.2 Å². The lowest BCUT2D eigenvalue weighted by Crippen LogP contribution is -2.25. The average Bonchev–Trinajstić information content (AvgIpc) is 2.39. The van der Waals surface area contributed by atoms with Gasteiger partial charge in [-0.2, -0.15) is 0 Å². The Morgan fingerprint density at radius 1 is 1.21 bits per heavy atom. The average molecular weight is 260 g/mol. The number of hydrogen-bond donors (Lipinski definition) is 2. The lowest BCUT2D eigenvalue weighted by molar-refractivity contribution is -0.114. The Bertz CT molecular complexity index is 423. The third-order valence-electron chi connectivity index (χ3n) is 3.98. The topological polar surface area (TPSA) is 41.1 Å². The molecule has 1 saturated carbocycles.